The zero-order valence-corrected chi connectivity index (χ0v) is 45.4. The van der Waals surface area contributed by atoms with Gasteiger partial charge in [0.25, 0.3) is 0 Å². The number of carbonyl (C=O) groups is 1. The predicted molar refractivity (Wildman–Crippen MR) is 293 cm³/mol. The van der Waals surface area contributed by atoms with Crippen LogP contribution in [0.4, 0.5) is 0 Å². The van der Waals surface area contributed by atoms with Gasteiger partial charge in [-0.05, 0) is 38.5 Å². The molecule has 4 unspecified atom stereocenters. The van der Waals surface area contributed by atoms with Gasteiger partial charge in [-0.1, -0.05) is 315 Å². The normalized spacial score (nSPS) is 13.7. The lowest BCUT2D eigenvalue weighted by atomic mass is 9.99. The summed E-state index contributed by atoms with van der Waals surface area (Å²) in [7, 11) is 0. The molecule has 0 heterocycles. The number of aliphatic hydroxyl groups is 4. The third kappa shape index (κ3) is 49.8. The summed E-state index contributed by atoms with van der Waals surface area (Å²) < 4.78 is 0. The van der Waals surface area contributed by atoms with E-state index in [1.54, 1.807) is 0 Å². The first-order valence-corrected chi connectivity index (χ1v) is 30.6. The van der Waals surface area contributed by atoms with Crippen LogP contribution in [0.1, 0.15) is 341 Å². The van der Waals surface area contributed by atoms with E-state index in [1.165, 1.54) is 270 Å². The third-order valence-electron chi connectivity index (χ3n) is 14.7. The number of aliphatic hydroxyl groups excluding tert-OH is 4. The van der Waals surface area contributed by atoms with Gasteiger partial charge < -0.3 is 25.7 Å². The monoisotopic (exact) mass is 948 g/mol. The number of unbranched alkanes of at least 4 members (excludes halogenated alkanes) is 46. The van der Waals surface area contributed by atoms with Crippen molar-refractivity contribution in [3.63, 3.8) is 0 Å². The maximum Gasteiger partial charge on any atom is 0.249 e. The van der Waals surface area contributed by atoms with Gasteiger partial charge in [0.05, 0.1) is 18.8 Å². The molecular formula is C61H121NO5. The minimum atomic E-state index is -1.26. The molecule has 0 fully saturated rings. The molecule has 67 heavy (non-hydrogen) atoms. The van der Waals surface area contributed by atoms with E-state index in [-0.39, 0.29) is 0 Å². The van der Waals surface area contributed by atoms with Crippen LogP contribution in [0.3, 0.4) is 0 Å². The van der Waals surface area contributed by atoms with E-state index in [2.05, 4.69) is 31.3 Å². The Labute approximate surface area is 419 Å². The Morgan fingerprint density at radius 1 is 0.358 bits per heavy atom. The topological polar surface area (TPSA) is 110 Å². The summed E-state index contributed by atoms with van der Waals surface area (Å²) >= 11 is 0. The number of hydrogen-bond acceptors (Lipinski definition) is 5. The summed E-state index contributed by atoms with van der Waals surface area (Å²) in [6.07, 6.45) is 67.3. The second kappa shape index (κ2) is 56.0. The smallest absolute Gasteiger partial charge is 0.249 e. The first-order valence-electron chi connectivity index (χ1n) is 30.6. The summed E-state index contributed by atoms with van der Waals surface area (Å²) in [4.78, 5) is 12.6. The number of hydrogen-bond donors (Lipinski definition) is 5. The molecule has 0 saturated heterocycles. The maximum atomic E-state index is 12.6. The van der Waals surface area contributed by atoms with Crippen LogP contribution in [0.25, 0.3) is 0 Å². The maximum absolute atomic E-state index is 12.6. The van der Waals surface area contributed by atoms with Crippen LogP contribution in [0.5, 0.6) is 0 Å². The van der Waals surface area contributed by atoms with Gasteiger partial charge in [0.2, 0.25) is 5.91 Å². The molecular weight excluding hydrogens is 827 g/mol. The molecule has 0 aliphatic carbocycles. The Kier molecular flexibility index (Phi) is 55.2. The first kappa shape index (κ1) is 66.0. The van der Waals surface area contributed by atoms with Crippen molar-refractivity contribution >= 4 is 5.91 Å². The molecule has 0 aliphatic rings. The minimum Gasteiger partial charge on any atom is -0.394 e. The molecule has 0 rings (SSSR count). The molecule has 0 aliphatic heterocycles. The van der Waals surface area contributed by atoms with E-state index in [4.69, 9.17) is 0 Å². The lowest BCUT2D eigenvalue weighted by molar-refractivity contribution is -0.132. The van der Waals surface area contributed by atoms with Gasteiger partial charge in [0, 0.05) is 0 Å². The summed E-state index contributed by atoms with van der Waals surface area (Å²) in [5.74, 6) is -0.582. The highest BCUT2D eigenvalue weighted by molar-refractivity contribution is 5.80. The Morgan fingerprint density at radius 3 is 0.866 bits per heavy atom. The molecule has 0 aromatic rings. The molecule has 4 atom stereocenters. The van der Waals surface area contributed by atoms with Crippen LogP contribution in [0.2, 0.25) is 0 Å². The molecule has 5 N–H and O–H groups in total. The quantitative estimate of drug-likeness (QED) is 0.0308. The van der Waals surface area contributed by atoms with Crippen LogP contribution in [-0.4, -0.2) is 57.3 Å². The van der Waals surface area contributed by atoms with Gasteiger partial charge in [-0.15, -0.1) is 0 Å². The van der Waals surface area contributed by atoms with E-state index in [9.17, 15) is 25.2 Å². The molecule has 6 heteroatoms. The lowest BCUT2D eigenvalue weighted by Crippen LogP contribution is -2.53. The summed E-state index contributed by atoms with van der Waals surface area (Å²) in [6, 6.07) is -0.987. The van der Waals surface area contributed by atoms with Crippen molar-refractivity contribution in [2.24, 2.45) is 0 Å². The average molecular weight is 949 g/mol. The number of nitrogens with one attached hydrogen (secondary N) is 1. The van der Waals surface area contributed by atoms with Crippen molar-refractivity contribution < 1.29 is 25.2 Å². The van der Waals surface area contributed by atoms with Gasteiger partial charge in [0.1, 0.15) is 12.2 Å². The van der Waals surface area contributed by atoms with E-state index < -0.39 is 36.9 Å². The molecule has 0 aromatic carbocycles. The van der Waals surface area contributed by atoms with E-state index in [0.717, 1.165) is 44.9 Å². The highest BCUT2D eigenvalue weighted by atomic mass is 16.3. The largest absolute Gasteiger partial charge is 0.394 e. The zero-order valence-electron chi connectivity index (χ0n) is 45.4. The third-order valence-corrected chi connectivity index (χ3v) is 14.7. The summed E-state index contributed by atoms with van der Waals surface area (Å²) in [5.41, 5.74) is 0. The molecule has 0 radical (unpaired) electrons. The standard InChI is InChI=1S/C61H121NO5/c1-3-5-7-9-11-13-15-17-19-21-23-25-26-27-28-29-30-31-32-33-34-35-37-38-40-42-44-46-48-50-52-54-58(64)60(66)57(56-63)62-61(67)59(65)55-53-51-49-47-45-43-41-39-36-24-22-20-18-16-14-12-10-8-6-4-2/h36,39,57-60,63-66H,3-35,37-38,40-56H2,1-2H3,(H,62,67)/b39-36-. The zero-order chi connectivity index (χ0) is 48.8. The SMILES string of the molecule is CCCCCCCCCCCC/C=C\CCCCCCCCC(O)C(=O)NC(CO)C(O)C(O)CCCCCCCCCCCCCCCCCCCCCCCCCCCCCCCCC. The van der Waals surface area contributed by atoms with E-state index >= 15 is 0 Å². The highest BCUT2D eigenvalue weighted by Crippen LogP contribution is 2.19. The van der Waals surface area contributed by atoms with Crippen molar-refractivity contribution in [1.29, 1.82) is 0 Å². The Hall–Kier alpha value is -0.950. The second-order valence-corrected chi connectivity index (χ2v) is 21.4. The Morgan fingerprint density at radius 2 is 0.597 bits per heavy atom. The summed E-state index contributed by atoms with van der Waals surface area (Å²) in [5, 5.41) is 44.1. The minimum absolute atomic E-state index is 0.365. The number of rotatable bonds is 57. The molecule has 0 bridgehead atoms. The van der Waals surface area contributed by atoms with Crippen LogP contribution in [-0.2, 0) is 4.79 Å². The number of amides is 1. The first-order chi connectivity index (χ1) is 33.0. The van der Waals surface area contributed by atoms with Gasteiger partial charge >= 0.3 is 0 Å². The summed E-state index contributed by atoms with van der Waals surface area (Å²) in [6.45, 7) is 4.10. The lowest BCUT2D eigenvalue weighted by Gasteiger charge is -2.27. The van der Waals surface area contributed by atoms with Crippen molar-refractivity contribution in [2.75, 3.05) is 6.61 Å². The van der Waals surface area contributed by atoms with Gasteiger partial charge in [0.15, 0.2) is 0 Å². The average Bonchev–Trinajstić information content (AvgIpc) is 3.33. The molecule has 0 aromatic heterocycles. The number of allylic oxidation sites excluding steroid dienone is 2. The van der Waals surface area contributed by atoms with Gasteiger partial charge in [-0.25, -0.2) is 0 Å². The van der Waals surface area contributed by atoms with Crippen molar-refractivity contribution in [3.05, 3.63) is 12.2 Å². The predicted octanol–water partition coefficient (Wildman–Crippen LogP) is 18.0. The van der Waals surface area contributed by atoms with Crippen LogP contribution >= 0.6 is 0 Å². The van der Waals surface area contributed by atoms with Crippen LogP contribution < -0.4 is 5.32 Å². The van der Waals surface area contributed by atoms with Crippen LogP contribution in [0, 0.1) is 0 Å². The molecule has 0 spiro atoms. The Balaban J connectivity index is 3.56. The van der Waals surface area contributed by atoms with Crippen LogP contribution in [0.15, 0.2) is 12.2 Å². The fourth-order valence-corrected chi connectivity index (χ4v) is 9.93. The number of carbonyl (C=O) groups excluding carboxylic acids is 1. The fraction of sp³-hybridized carbons (Fsp3) is 0.951. The molecule has 400 valence electrons. The van der Waals surface area contributed by atoms with Gasteiger partial charge in [-0.2, -0.15) is 0 Å². The van der Waals surface area contributed by atoms with Crippen molar-refractivity contribution in [2.45, 2.75) is 366 Å². The fourth-order valence-electron chi connectivity index (χ4n) is 9.93. The highest BCUT2D eigenvalue weighted by Gasteiger charge is 2.28. The molecule has 6 nitrogen and oxygen atoms in total. The van der Waals surface area contributed by atoms with Gasteiger partial charge in [-0.3, -0.25) is 4.79 Å². The Bertz CT molecular complexity index is 975. The molecule has 1 amide bonds. The van der Waals surface area contributed by atoms with Crippen molar-refractivity contribution in [3.8, 4) is 0 Å². The molecule has 0 saturated carbocycles. The van der Waals surface area contributed by atoms with E-state index in [1.807, 2.05) is 0 Å². The van der Waals surface area contributed by atoms with Crippen molar-refractivity contribution in [1.82, 2.24) is 5.32 Å². The van der Waals surface area contributed by atoms with E-state index in [0.29, 0.717) is 12.8 Å². The second-order valence-electron chi connectivity index (χ2n) is 21.4.